The van der Waals surface area contributed by atoms with E-state index in [0.29, 0.717) is 0 Å². The molecule has 2 aromatic rings. The zero-order chi connectivity index (χ0) is 15.3. The molecule has 2 rings (SSSR count). The summed E-state index contributed by atoms with van der Waals surface area (Å²) in [5, 5.41) is 0. The molecule has 0 fully saturated rings. The minimum absolute atomic E-state index is 0.201. The Morgan fingerprint density at radius 2 is 1.62 bits per heavy atom. The number of aryl methyl sites for hydroxylation is 1. The molecule has 0 heterocycles. The lowest BCUT2D eigenvalue weighted by atomic mass is 10.2. The third kappa shape index (κ3) is 5.59. The van der Waals surface area contributed by atoms with E-state index in [1.165, 1.54) is 29.6 Å². The van der Waals surface area contributed by atoms with Gasteiger partial charge in [0.25, 0.3) is 0 Å². The van der Waals surface area contributed by atoms with E-state index in [-0.39, 0.29) is 5.75 Å². The van der Waals surface area contributed by atoms with Crippen molar-refractivity contribution in [1.29, 1.82) is 0 Å². The molecule has 0 radical (unpaired) electrons. The predicted molar refractivity (Wildman–Crippen MR) is 78.7 cm³/mol. The number of benzene rings is 2. The molecule has 0 bridgehead atoms. The van der Waals surface area contributed by atoms with Crippen LogP contribution >= 0.6 is 11.9 Å². The first-order valence-corrected chi connectivity index (χ1v) is 7.03. The van der Waals surface area contributed by atoms with Crippen molar-refractivity contribution in [3.05, 3.63) is 54.1 Å². The fourth-order valence-electron chi connectivity index (χ4n) is 1.51. The maximum absolute atomic E-state index is 12.0. The fraction of sp³-hybridized carbons (Fsp3) is 0.200. The lowest BCUT2D eigenvalue weighted by Crippen LogP contribution is -2.19. The first-order valence-electron chi connectivity index (χ1n) is 6.21. The molecule has 21 heavy (non-hydrogen) atoms. The van der Waals surface area contributed by atoms with Gasteiger partial charge in [-0.05, 0) is 55.3 Å². The van der Waals surface area contributed by atoms with Gasteiger partial charge < -0.3 is 9.46 Å². The fourth-order valence-corrected chi connectivity index (χ4v) is 2.15. The van der Waals surface area contributed by atoms with Gasteiger partial charge in [0, 0.05) is 10.6 Å². The van der Waals surface area contributed by atoms with Crippen LogP contribution in [0.1, 0.15) is 5.56 Å². The minimum atomic E-state index is -4.32. The summed E-state index contributed by atoms with van der Waals surface area (Å²) in [5.41, 5.74) is 2.14. The van der Waals surface area contributed by atoms with Gasteiger partial charge in [0.05, 0.1) is 0 Å². The van der Waals surface area contributed by atoms with Crippen LogP contribution in [0.2, 0.25) is 0 Å². The average molecular weight is 313 g/mol. The van der Waals surface area contributed by atoms with Gasteiger partial charge in [0.15, 0.2) is 6.61 Å². The van der Waals surface area contributed by atoms with E-state index in [2.05, 4.69) is 9.46 Å². The highest BCUT2D eigenvalue weighted by atomic mass is 32.2. The molecule has 2 nitrogen and oxygen atoms in total. The van der Waals surface area contributed by atoms with Crippen molar-refractivity contribution in [2.45, 2.75) is 18.0 Å². The summed E-state index contributed by atoms with van der Waals surface area (Å²) in [6.07, 6.45) is -4.32. The highest BCUT2D eigenvalue weighted by Crippen LogP contribution is 2.24. The maximum atomic E-state index is 12.0. The van der Waals surface area contributed by atoms with Crippen LogP contribution in [-0.2, 0) is 0 Å². The molecule has 112 valence electrons. The Morgan fingerprint density at radius 3 is 2.19 bits per heavy atom. The van der Waals surface area contributed by atoms with Gasteiger partial charge in [-0.1, -0.05) is 17.7 Å². The summed E-state index contributed by atoms with van der Waals surface area (Å²) in [4.78, 5) is 0.884. The van der Waals surface area contributed by atoms with Crippen molar-refractivity contribution in [3.63, 3.8) is 0 Å². The second-order valence-corrected chi connectivity index (χ2v) is 5.33. The van der Waals surface area contributed by atoms with Crippen LogP contribution in [0.3, 0.4) is 0 Å². The first-order chi connectivity index (χ1) is 9.92. The third-order valence-corrected chi connectivity index (χ3v) is 3.41. The zero-order valence-electron chi connectivity index (χ0n) is 11.3. The monoisotopic (exact) mass is 313 g/mol. The molecule has 0 aliphatic heterocycles. The summed E-state index contributed by atoms with van der Waals surface area (Å²) in [7, 11) is 0. The normalized spacial score (nSPS) is 11.2. The van der Waals surface area contributed by atoms with Crippen molar-refractivity contribution in [1.82, 2.24) is 0 Å². The molecule has 0 atom stereocenters. The summed E-state index contributed by atoms with van der Waals surface area (Å²) in [6.45, 7) is 0.734. The molecule has 0 aliphatic rings. The number of ether oxygens (including phenoxy) is 1. The average Bonchev–Trinajstić information content (AvgIpc) is 2.45. The van der Waals surface area contributed by atoms with Crippen LogP contribution in [0.25, 0.3) is 0 Å². The molecule has 0 saturated heterocycles. The van der Waals surface area contributed by atoms with Crippen LogP contribution in [-0.4, -0.2) is 12.8 Å². The summed E-state index contributed by atoms with van der Waals surface area (Å²) < 4.78 is 43.9. The molecule has 0 unspecified atom stereocenters. The molecule has 0 amide bonds. The smallest absolute Gasteiger partial charge is 0.422 e. The topological polar surface area (TPSA) is 21.3 Å². The number of halogens is 3. The highest BCUT2D eigenvalue weighted by molar-refractivity contribution is 8.00. The summed E-state index contributed by atoms with van der Waals surface area (Å²) >= 11 is 1.38. The van der Waals surface area contributed by atoms with E-state index in [9.17, 15) is 13.2 Å². The van der Waals surface area contributed by atoms with Crippen molar-refractivity contribution >= 4 is 17.6 Å². The Balaban J connectivity index is 1.86. The second-order valence-electron chi connectivity index (χ2n) is 4.45. The van der Waals surface area contributed by atoms with Crippen LogP contribution in [0.15, 0.2) is 53.4 Å². The standard InChI is InChI=1S/C15H14F3NOS/c1-11-2-4-12(5-3-11)19-21-14-8-6-13(7-9-14)20-10-15(16,17)18/h2-9,19H,10H2,1H3. The van der Waals surface area contributed by atoms with Crippen molar-refractivity contribution in [2.75, 3.05) is 11.3 Å². The number of alkyl halides is 3. The number of anilines is 1. The number of hydrogen-bond acceptors (Lipinski definition) is 3. The van der Waals surface area contributed by atoms with E-state index < -0.39 is 12.8 Å². The van der Waals surface area contributed by atoms with Gasteiger partial charge in [0.1, 0.15) is 5.75 Å². The number of nitrogens with one attached hydrogen (secondary N) is 1. The molecule has 0 saturated carbocycles. The van der Waals surface area contributed by atoms with Gasteiger partial charge in [-0.3, -0.25) is 0 Å². The first kappa shape index (κ1) is 15.6. The van der Waals surface area contributed by atoms with Crippen LogP contribution < -0.4 is 9.46 Å². The van der Waals surface area contributed by atoms with Gasteiger partial charge in [-0.25, -0.2) is 0 Å². The van der Waals surface area contributed by atoms with Crippen LogP contribution in [0.5, 0.6) is 5.75 Å². The number of hydrogen-bond donors (Lipinski definition) is 1. The van der Waals surface area contributed by atoms with E-state index in [1.807, 2.05) is 31.2 Å². The maximum Gasteiger partial charge on any atom is 0.422 e. The molecule has 6 heteroatoms. The van der Waals surface area contributed by atoms with Crippen molar-refractivity contribution in [3.8, 4) is 5.75 Å². The lowest BCUT2D eigenvalue weighted by molar-refractivity contribution is -0.153. The Kier molecular flexibility index (Phi) is 5.01. The van der Waals surface area contributed by atoms with Crippen LogP contribution in [0, 0.1) is 6.92 Å². The van der Waals surface area contributed by atoms with Crippen LogP contribution in [0.4, 0.5) is 18.9 Å². The third-order valence-electron chi connectivity index (χ3n) is 2.56. The van der Waals surface area contributed by atoms with Gasteiger partial charge in [-0.2, -0.15) is 13.2 Å². The second kappa shape index (κ2) is 6.76. The SMILES string of the molecule is Cc1ccc(NSc2ccc(OCC(F)(F)F)cc2)cc1. The Bertz CT molecular complexity index is 567. The highest BCUT2D eigenvalue weighted by Gasteiger charge is 2.28. The van der Waals surface area contributed by atoms with E-state index in [0.717, 1.165) is 10.6 Å². The van der Waals surface area contributed by atoms with E-state index in [4.69, 9.17) is 0 Å². The molecule has 1 N–H and O–H groups in total. The van der Waals surface area contributed by atoms with E-state index >= 15 is 0 Å². The molecule has 2 aromatic carbocycles. The molecular weight excluding hydrogens is 299 g/mol. The van der Waals surface area contributed by atoms with Gasteiger partial charge in [-0.15, -0.1) is 0 Å². The molecule has 0 aromatic heterocycles. The quantitative estimate of drug-likeness (QED) is 0.780. The Hall–Kier alpha value is -1.82. The molecule has 0 spiro atoms. The summed E-state index contributed by atoms with van der Waals surface area (Å²) in [6, 6.07) is 14.4. The lowest BCUT2D eigenvalue weighted by Gasteiger charge is -2.10. The molecule has 0 aliphatic carbocycles. The van der Waals surface area contributed by atoms with Crippen molar-refractivity contribution < 1.29 is 17.9 Å². The Morgan fingerprint density at radius 1 is 1.00 bits per heavy atom. The minimum Gasteiger partial charge on any atom is -0.484 e. The zero-order valence-corrected chi connectivity index (χ0v) is 12.1. The van der Waals surface area contributed by atoms with Gasteiger partial charge >= 0.3 is 6.18 Å². The Labute approximate surface area is 125 Å². The summed E-state index contributed by atoms with van der Waals surface area (Å²) in [5.74, 6) is 0.201. The predicted octanol–water partition coefficient (Wildman–Crippen LogP) is 5.06. The molecular formula is C15H14F3NOS. The van der Waals surface area contributed by atoms with E-state index in [1.54, 1.807) is 12.1 Å². The van der Waals surface area contributed by atoms with Crippen molar-refractivity contribution in [2.24, 2.45) is 0 Å². The number of rotatable bonds is 5. The van der Waals surface area contributed by atoms with Gasteiger partial charge in [0.2, 0.25) is 0 Å². The largest absolute Gasteiger partial charge is 0.484 e.